The number of rotatable bonds is 8. The van der Waals surface area contributed by atoms with E-state index in [2.05, 4.69) is 50.0 Å². The number of benzene rings is 1. The Morgan fingerprint density at radius 3 is 2.31 bits per heavy atom. The first kappa shape index (κ1) is 18.5. The van der Waals surface area contributed by atoms with Crippen molar-refractivity contribution in [2.45, 2.75) is 45.4 Å². The Morgan fingerprint density at radius 2 is 1.69 bits per heavy atom. The number of methoxy groups -OCH3 is 1. The van der Waals surface area contributed by atoms with Gasteiger partial charge in [-0.2, -0.15) is 0 Å². The minimum Gasteiger partial charge on any atom is -0.467 e. The lowest BCUT2D eigenvalue weighted by Gasteiger charge is -2.29. The molecule has 0 saturated carbocycles. The van der Waals surface area contributed by atoms with Gasteiger partial charge < -0.3 is 13.9 Å². The van der Waals surface area contributed by atoms with Crippen LogP contribution in [0.2, 0.25) is 0 Å². The Labute approximate surface area is 155 Å². The number of fused-ring (bicyclic) bond motifs is 1. The van der Waals surface area contributed by atoms with E-state index >= 15 is 0 Å². The van der Waals surface area contributed by atoms with E-state index in [0.717, 1.165) is 47.3 Å². The molecule has 0 saturated heterocycles. The van der Waals surface area contributed by atoms with Gasteiger partial charge in [-0.25, -0.2) is 4.98 Å². The van der Waals surface area contributed by atoms with E-state index in [-0.39, 0.29) is 12.2 Å². The Kier molecular flexibility index (Phi) is 5.62. The molecule has 0 atom stereocenters. The molecule has 138 valence electrons. The third-order valence-electron chi connectivity index (χ3n) is 5.46. The molecule has 0 spiro atoms. The molecule has 4 heteroatoms. The van der Waals surface area contributed by atoms with Crippen LogP contribution < -0.4 is 4.74 Å². The molecule has 0 unspecified atom stereocenters. The van der Waals surface area contributed by atoms with E-state index in [1.54, 1.807) is 13.3 Å². The van der Waals surface area contributed by atoms with E-state index in [4.69, 9.17) is 13.9 Å². The summed E-state index contributed by atoms with van der Waals surface area (Å²) in [5.74, 6) is 1.75. The second-order valence-corrected chi connectivity index (χ2v) is 6.55. The lowest BCUT2D eigenvalue weighted by molar-refractivity contribution is 0.0522. The summed E-state index contributed by atoms with van der Waals surface area (Å²) in [5, 5.41) is 0.922. The molecule has 26 heavy (non-hydrogen) atoms. The fourth-order valence-electron chi connectivity index (χ4n) is 3.72. The molecule has 0 N–H and O–H groups in total. The minimum absolute atomic E-state index is 0.0234. The van der Waals surface area contributed by atoms with Gasteiger partial charge in [0.1, 0.15) is 11.5 Å². The second kappa shape index (κ2) is 7.92. The van der Waals surface area contributed by atoms with E-state index in [1.165, 1.54) is 0 Å². The van der Waals surface area contributed by atoms with Crippen molar-refractivity contribution in [2.75, 3.05) is 13.9 Å². The summed E-state index contributed by atoms with van der Waals surface area (Å²) in [6.07, 6.45) is 4.75. The van der Waals surface area contributed by atoms with Gasteiger partial charge in [-0.1, -0.05) is 51.1 Å². The Hall–Kier alpha value is -2.33. The van der Waals surface area contributed by atoms with Crippen LogP contribution in [-0.2, 0) is 10.2 Å². The maximum atomic E-state index is 6.38. The van der Waals surface area contributed by atoms with Gasteiger partial charge in [0.05, 0.1) is 5.39 Å². The molecular weight excluding hydrogens is 326 g/mol. The van der Waals surface area contributed by atoms with Crippen molar-refractivity contribution in [2.24, 2.45) is 0 Å². The molecular formula is C22H27NO3. The first-order valence-electron chi connectivity index (χ1n) is 9.29. The summed E-state index contributed by atoms with van der Waals surface area (Å²) in [4.78, 5) is 4.49. The van der Waals surface area contributed by atoms with Crippen LogP contribution in [0.1, 0.15) is 45.8 Å². The quantitative estimate of drug-likeness (QED) is 0.470. The van der Waals surface area contributed by atoms with Gasteiger partial charge in [-0.3, -0.25) is 0 Å². The van der Waals surface area contributed by atoms with Crippen molar-refractivity contribution in [1.29, 1.82) is 0 Å². The highest BCUT2D eigenvalue weighted by Gasteiger charge is 2.35. The van der Waals surface area contributed by atoms with Crippen molar-refractivity contribution in [3.63, 3.8) is 0 Å². The third kappa shape index (κ3) is 3.10. The standard InChI is InChI=1S/C22H27NO3/c1-5-22(6-2,7-3)20-18(16-11-9-8-10-12-16)19-17(25-15-24-4)13-14-23-21(19)26-20/h8-14H,5-7,15H2,1-4H3. The van der Waals surface area contributed by atoms with Gasteiger partial charge in [0, 0.05) is 24.3 Å². The molecule has 3 aromatic rings. The maximum Gasteiger partial charge on any atom is 0.230 e. The highest BCUT2D eigenvalue weighted by Crippen LogP contribution is 2.47. The second-order valence-electron chi connectivity index (χ2n) is 6.55. The molecule has 2 aromatic heterocycles. The number of furan rings is 1. The average molecular weight is 353 g/mol. The molecule has 0 aliphatic rings. The Morgan fingerprint density at radius 1 is 1.00 bits per heavy atom. The predicted octanol–water partition coefficient (Wildman–Crippen LogP) is 5.95. The molecule has 2 heterocycles. The van der Waals surface area contributed by atoms with Gasteiger partial charge in [-0.05, 0) is 30.9 Å². The normalized spacial score (nSPS) is 11.8. The highest BCUT2D eigenvalue weighted by molar-refractivity contribution is 5.98. The fraction of sp³-hybridized carbons (Fsp3) is 0.409. The number of hydrogen-bond acceptors (Lipinski definition) is 4. The summed E-state index contributed by atoms with van der Waals surface area (Å²) in [7, 11) is 1.62. The van der Waals surface area contributed by atoms with E-state index in [9.17, 15) is 0 Å². The first-order valence-corrected chi connectivity index (χ1v) is 9.29. The third-order valence-corrected chi connectivity index (χ3v) is 5.46. The summed E-state index contributed by atoms with van der Waals surface area (Å²) in [5.41, 5.74) is 2.80. The van der Waals surface area contributed by atoms with Crippen LogP contribution in [0.15, 0.2) is 47.0 Å². The van der Waals surface area contributed by atoms with Crippen LogP contribution in [0, 0.1) is 0 Å². The lowest BCUT2D eigenvalue weighted by Crippen LogP contribution is -2.23. The Bertz CT molecular complexity index is 842. The van der Waals surface area contributed by atoms with Crippen LogP contribution in [0.3, 0.4) is 0 Å². The first-order chi connectivity index (χ1) is 12.7. The van der Waals surface area contributed by atoms with E-state index in [1.807, 2.05) is 12.1 Å². The number of nitrogens with zero attached hydrogens (tertiary/aromatic N) is 1. The van der Waals surface area contributed by atoms with Gasteiger partial charge in [0.25, 0.3) is 0 Å². The molecule has 0 radical (unpaired) electrons. The summed E-state index contributed by atoms with van der Waals surface area (Å²) >= 11 is 0. The van der Waals surface area contributed by atoms with Crippen molar-refractivity contribution in [1.82, 2.24) is 4.98 Å². The molecule has 0 aliphatic carbocycles. The zero-order valence-corrected chi connectivity index (χ0v) is 16.0. The van der Waals surface area contributed by atoms with Crippen molar-refractivity contribution in [3.05, 3.63) is 48.4 Å². The van der Waals surface area contributed by atoms with Crippen LogP contribution in [0.4, 0.5) is 0 Å². The molecule has 0 fully saturated rings. The molecule has 3 rings (SSSR count). The molecule has 4 nitrogen and oxygen atoms in total. The van der Waals surface area contributed by atoms with Crippen LogP contribution >= 0.6 is 0 Å². The number of pyridine rings is 1. The molecule has 0 amide bonds. The van der Waals surface area contributed by atoms with Gasteiger partial charge >= 0.3 is 0 Å². The summed E-state index contributed by atoms with van der Waals surface area (Å²) in [6.45, 7) is 6.87. The summed E-state index contributed by atoms with van der Waals surface area (Å²) < 4.78 is 17.3. The van der Waals surface area contributed by atoms with Gasteiger partial charge in [-0.15, -0.1) is 0 Å². The lowest BCUT2D eigenvalue weighted by atomic mass is 9.75. The maximum absolute atomic E-state index is 6.38. The molecule has 0 aliphatic heterocycles. The van der Waals surface area contributed by atoms with Crippen molar-refractivity contribution >= 4 is 11.1 Å². The van der Waals surface area contributed by atoms with Crippen molar-refractivity contribution < 1.29 is 13.9 Å². The topological polar surface area (TPSA) is 44.5 Å². The minimum atomic E-state index is -0.0234. The molecule has 0 bridgehead atoms. The SMILES string of the molecule is CCC(CC)(CC)c1oc2nccc(OCOC)c2c1-c1ccccc1. The average Bonchev–Trinajstić information content (AvgIpc) is 3.09. The van der Waals surface area contributed by atoms with Crippen LogP contribution in [0.25, 0.3) is 22.2 Å². The summed E-state index contributed by atoms with van der Waals surface area (Å²) in [6, 6.07) is 12.2. The number of hydrogen-bond donors (Lipinski definition) is 0. The molecule has 1 aromatic carbocycles. The van der Waals surface area contributed by atoms with Gasteiger partial charge in [0.15, 0.2) is 6.79 Å². The number of aromatic nitrogens is 1. The monoisotopic (exact) mass is 353 g/mol. The largest absolute Gasteiger partial charge is 0.467 e. The van der Waals surface area contributed by atoms with E-state index < -0.39 is 0 Å². The van der Waals surface area contributed by atoms with Crippen LogP contribution in [-0.4, -0.2) is 18.9 Å². The fourth-order valence-corrected chi connectivity index (χ4v) is 3.72. The number of ether oxygens (including phenoxy) is 2. The van der Waals surface area contributed by atoms with Crippen molar-refractivity contribution in [3.8, 4) is 16.9 Å². The Balaban J connectivity index is 2.35. The smallest absolute Gasteiger partial charge is 0.230 e. The zero-order chi connectivity index (χ0) is 18.6. The van der Waals surface area contributed by atoms with Crippen LogP contribution in [0.5, 0.6) is 5.75 Å². The van der Waals surface area contributed by atoms with E-state index in [0.29, 0.717) is 5.71 Å². The zero-order valence-electron chi connectivity index (χ0n) is 16.0. The predicted molar refractivity (Wildman–Crippen MR) is 105 cm³/mol. The van der Waals surface area contributed by atoms with Gasteiger partial charge in [0.2, 0.25) is 5.71 Å². The highest BCUT2D eigenvalue weighted by atomic mass is 16.7.